The van der Waals surface area contributed by atoms with E-state index in [4.69, 9.17) is 4.74 Å². The van der Waals surface area contributed by atoms with Crippen LogP contribution in [-0.4, -0.2) is 49.7 Å². The van der Waals surface area contributed by atoms with Crippen LogP contribution in [0.3, 0.4) is 0 Å². The van der Waals surface area contributed by atoms with Crippen molar-refractivity contribution in [3.05, 3.63) is 35.0 Å². The molecule has 2 aromatic heterocycles. The highest BCUT2D eigenvalue weighted by Crippen LogP contribution is 2.35. The van der Waals surface area contributed by atoms with E-state index in [1.165, 1.54) is 29.8 Å². The summed E-state index contributed by atoms with van der Waals surface area (Å²) < 4.78 is 7.60. The van der Waals surface area contributed by atoms with Gasteiger partial charge in [-0.2, -0.15) is 4.98 Å². The summed E-state index contributed by atoms with van der Waals surface area (Å²) in [5, 5.41) is 0. The summed E-state index contributed by atoms with van der Waals surface area (Å²) in [4.78, 5) is 27.3. The van der Waals surface area contributed by atoms with Crippen LogP contribution in [-0.2, 0) is 7.05 Å². The SMILES string of the molecule is CN1[C@@H]2CC[C@H]1CC(Oc1nc(-c3ccncn3)cc(=O)n1C)C2. The zero-order valence-electron chi connectivity index (χ0n) is 13.9. The van der Waals surface area contributed by atoms with Crippen molar-refractivity contribution in [2.45, 2.75) is 43.9 Å². The Morgan fingerprint density at radius 1 is 1.17 bits per heavy atom. The highest BCUT2D eigenvalue weighted by Gasteiger charge is 2.39. The van der Waals surface area contributed by atoms with E-state index in [-0.39, 0.29) is 11.7 Å². The number of aromatic nitrogens is 4. The zero-order valence-corrected chi connectivity index (χ0v) is 13.9. The highest BCUT2D eigenvalue weighted by molar-refractivity contribution is 5.52. The maximum atomic E-state index is 12.3. The molecular formula is C17H21N5O2. The van der Waals surface area contributed by atoms with Crippen molar-refractivity contribution >= 4 is 0 Å². The molecule has 2 aliphatic rings. The second-order valence-corrected chi connectivity index (χ2v) is 6.68. The van der Waals surface area contributed by atoms with Crippen LogP contribution in [0.5, 0.6) is 6.01 Å². The first-order chi connectivity index (χ1) is 11.6. The third-order valence-corrected chi connectivity index (χ3v) is 5.27. The summed E-state index contributed by atoms with van der Waals surface area (Å²) in [6.07, 6.45) is 7.63. The lowest BCUT2D eigenvalue weighted by atomic mass is 10.0. The van der Waals surface area contributed by atoms with Crippen LogP contribution in [0.25, 0.3) is 11.4 Å². The number of rotatable bonds is 3. The Balaban J connectivity index is 1.61. The Kier molecular flexibility index (Phi) is 3.80. The number of fused-ring (bicyclic) bond motifs is 2. The highest BCUT2D eigenvalue weighted by atomic mass is 16.5. The van der Waals surface area contributed by atoms with Crippen molar-refractivity contribution in [1.29, 1.82) is 0 Å². The van der Waals surface area contributed by atoms with Crippen molar-refractivity contribution in [3.8, 4) is 17.4 Å². The molecule has 0 aliphatic carbocycles. The smallest absolute Gasteiger partial charge is 0.299 e. The van der Waals surface area contributed by atoms with E-state index in [2.05, 4.69) is 26.9 Å². The van der Waals surface area contributed by atoms with Crippen LogP contribution in [0.2, 0.25) is 0 Å². The van der Waals surface area contributed by atoms with Crippen molar-refractivity contribution in [2.24, 2.45) is 7.05 Å². The van der Waals surface area contributed by atoms with Gasteiger partial charge in [0.15, 0.2) is 0 Å². The lowest BCUT2D eigenvalue weighted by Gasteiger charge is -2.36. The second-order valence-electron chi connectivity index (χ2n) is 6.68. The Morgan fingerprint density at radius 2 is 1.92 bits per heavy atom. The molecule has 2 aliphatic heterocycles. The van der Waals surface area contributed by atoms with E-state index >= 15 is 0 Å². The predicted octanol–water partition coefficient (Wildman–Crippen LogP) is 1.24. The molecule has 4 heterocycles. The minimum atomic E-state index is -0.149. The lowest BCUT2D eigenvalue weighted by Crippen LogP contribution is -2.44. The number of piperidine rings is 1. The Labute approximate surface area is 140 Å². The molecule has 2 saturated heterocycles. The Bertz CT molecular complexity index is 777. The standard InChI is InChI=1S/C17H21N5O2/c1-21-11-3-4-12(21)8-13(7-11)24-17-20-15(9-16(23)22(17)2)14-5-6-18-10-19-14/h5-6,9-13H,3-4,7-8H2,1-2H3/t11-,12+,13?. The summed E-state index contributed by atoms with van der Waals surface area (Å²) >= 11 is 0. The summed E-state index contributed by atoms with van der Waals surface area (Å²) in [6, 6.07) is 4.74. The molecule has 2 bridgehead atoms. The first kappa shape index (κ1) is 15.3. The normalized spacial score (nSPS) is 26.5. The predicted molar refractivity (Wildman–Crippen MR) is 88.7 cm³/mol. The van der Waals surface area contributed by atoms with Crippen LogP contribution in [0, 0.1) is 0 Å². The fraction of sp³-hybridized carbons (Fsp3) is 0.529. The number of ether oxygens (including phenoxy) is 1. The first-order valence-electron chi connectivity index (χ1n) is 8.35. The monoisotopic (exact) mass is 327 g/mol. The van der Waals surface area contributed by atoms with Gasteiger partial charge in [0.25, 0.3) is 11.6 Å². The van der Waals surface area contributed by atoms with E-state index < -0.39 is 0 Å². The van der Waals surface area contributed by atoms with Crippen molar-refractivity contribution < 1.29 is 4.74 Å². The molecule has 1 unspecified atom stereocenters. The van der Waals surface area contributed by atoms with Crippen LogP contribution in [0.1, 0.15) is 25.7 Å². The van der Waals surface area contributed by atoms with Gasteiger partial charge >= 0.3 is 0 Å². The number of hydrogen-bond donors (Lipinski definition) is 0. The van der Waals surface area contributed by atoms with Gasteiger partial charge in [0, 0.05) is 44.2 Å². The largest absolute Gasteiger partial charge is 0.461 e. The third kappa shape index (κ3) is 2.69. The molecule has 24 heavy (non-hydrogen) atoms. The molecule has 0 amide bonds. The van der Waals surface area contributed by atoms with Gasteiger partial charge in [-0.05, 0) is 26.0 Å². The maximum Gasteiger partial charge on any atom is 0.299 e. The van der Waals surface area contributed by atoms with Gasteiger partial charge in [0.2, 0.25) is 0 Å². The zero-order chi connectivity index (χ0) is 16.7. The first-order valence-corrected chi connectivity index (χ1v) is 8.35. The van der Waals surface area contributed by atoms with Crippen molar-refractivity contribution in [2.75, 3.05) is 7.05 Å². The molecule has 0 aromatic carbocycles. The van der Waals surface area contributed by atoms with Gasteiger partial charge in [0.05, 0.1) is 11.4 Å². The molecule has 2 aromatic rings. The van der Waals surface area contributed by atoms with Crippen molar-refractivity contribution in [1.82, 2.24) is 24.4 Å². The molecule has 7 heteroatoms. The van der Waals surface area contributed by atoms with Gasteiger partial charge < -0.3 is 9.64 Å². The van der Waals surface area contributed by atoms with E-state index in [9.17, 15) is 4.79 Å². The average Bonchev–Trinajstić information content (AvgIpc) is 2.81. The van der Waals surface area contributed by atoms with E-state index in [1.54, 1.807) is 19.3 Å². The van der Waals surface area contributed by atoms with Crippen LogP contribution < -0.4 is 10.3 Å². The molecule has 3 atom stereocenters. The minimum absolute atomic E-state index is 0.109. The third-order valence-electron chi connectivity index (χ3n) is 5.27. The molecule has 126 valence electrons. The molecule has 2 fully saturated rings. The van der Waals surface area contributed by atoms with Crippen LogP contribution >= 0.6 is 0 Å². The summed E-state index contributed by atoms with van der Waals surface area (Å²) in [7, 11) is 3.89. The molecule has 0 saturated carbocycles. The van der Waals surface area contributed by atoms with Crippen molar-refractivity contribution in [3.63, 3.8) is 0 Å². The van der Waals surface area contributed by atoms with Gasteiger partial charge in [-0.1, -0.05) is 0 Å². The molecular weight excluding hydrogens is 306 g/mol. The maximum absolute atomic E-state index is 12.3. The molecule has 4 rings (SSSR count). The Hall–Kier alpha value is -2.28. The fourth-order valence-corrected chi connectivity index (χ4v) is 3.80. The van der Waals surface area contributed by atoms with E-state index in [0.717, 1.165) is 12.8 Å². The Morgan fingerprint density at radius 3 is 2.58 bits per heavy atom. The number of hydrogen-bond acceptors (Lipinski definition) is 6. The van der Waals surface area contributed by atoms with Crippen LogP contribution in [0.15, 0.2) is 29.5 Å². The van der Waals surface area contributed by atoms with Gasteiger partial charge in [-0.25, -0.2) is 9.97 Å². The summed E-state index contributed by atoms with van der Waals surface area (Å²) in [6.45, 7) is 0. The molecule has 0 N–H and O–H groups in total. The van der Waals surface area contributed by atoms with E-state index in [0.29, 0.717) is 29.5 Å². The summed E-state index contributed by atoms with van der Waals surface area (Å²) in [5.74, 6) is 0. The summed E-state index contributed by atoms with van der Waals surface area (Å²) in [5.41, 5.74) is 0.993. The molecule has 0 radical (unpaired) electrons. The quantitative estimate of drug-likeness (QED) is 0.844. The fourth-order valence-electron chi connectivity index (χ4n) is 3.80. The van der Waals surface area contributed by atoms with E-state index in [1.807, 2.05) is 0 Å². The van der Waals surface area contributed by atoms with Gasteiger partial charge in [-0.15, -0.1) is 0 Å². The lowest BCUT2D eigenvalue weighted by molar-refractivity contribution is 0.0571. The van der Waals surface area contributed by atoms with Crippen LogP contribution in [0.4, 0.5) is 0 Å². The second kappa shape index (κ2) is 5.98. The number of nitrogens with zero attached hydrogens (tertiary/aromatic N) is 5. The average molecular weight is 327 g/mol. The van der Waals surface area contributed by atoms with Gasteiger partial charge in [0.1, 0.15) is 12.4 Å². The molecule has 0 spiro atoms. The van der Waals surface area contributed by atoms with Gasteiger partial charge in [-0.3, -0.25) is 9.36 Å². The minimum Gasteiger partial charge on any atom is -0.461 e. The molecule has 7 nitrogen and oxygen atoms in total. The topological polar surface area (TPSA) is 73.1 Å².